The molecule has 2 fully saturated rings. The van der Waals surface area contributed by atoms with E-state index in [1.54, 1.807) is 0 Å². The van der Waals surface area contributed by atoms with E-state index in [-0.39, 0.29) is 5.60 Å². The Kier molecular flexibility index (Phi) is 4.66. The average molecular weight is 287 g/mol. The van der Waals surface area contributed by atoms with Gasteiger partial charge in [-0.25, -0.2) is 0 Å². The molecule has 1 aliphatic heterocycles. The second-order valence-electron chi connectivity index (χ2n) is 7.21. The molecule has 1 aromatic rings. The summed E-state index contributed by atoms with van der Waals surface area (Å²) in [6, 6.07) is 9.70. The number of ether oxygens (including phenoxy) is 1. The summed E-state index contributed by atoms with van der Waals surface area (Å²) < 4.78 is 6.11. The number of nitrogens with one attached hydrogen (secondary N) is 1. The summed E-state index contributed by atoms with van der Waals surface area (Å²) >= 11 is 0. The third-order valence-electron chi connectivity index (χ3n) is 5.25. The molecule has 1 saturated heterocycles. The van der Waals surface area contributed by atoms with Gasteiger partial charge < -0.3 is 10.1 Å². The van der Waals surface area contributed by atoms with E-state index in [2.05, 4.69) is 43.4 Å². The highest BCUT2D eigenvalue weighted by atomic mass is 16.5. The lowest BCUT2D eigenvalue weighted by Crippen LogP contribution is -2.45. The molecule has 0 amide bonds. The zero-order chi connectivity index (χ0) is 14.7. The van der Waals surface area contributed by atoms with Gasteiger partial charge in [0.1, 0.15) is 0 Å². The molecule has 116 valence electrons. The average Bonchev–Trinajstić information content (AvgIpc) is 2.93. The van der Waals surface area contributed by atoms with Crippen LogP contribution in [-0.4, -0.2) is 18.2 Å². The lowest BCUT2D eigenvalue weighted by atomic mass is 9.89. The van der Waals surface area contributed by atoms with E-state index >= 15 is 0 Å². The van der Waals surface area contributed by atoms with Crippen molar-refractivity contribution in [2.45, 2.75) is 76.5 Å². The minimum atomic E-state index is 0.220. The Balaban J connectivity index is 1.52. The lowest BCUT2D eigenvalue weighted by Gasteiger charge is -2.38. The van der Waals surface area contributed by atoms with Crippen LogP contribution in [0.25, 0.3) is 0 Å². The monoisotopic (exact) mass is 287 g/mol. The maximum Gasteiger partial charge on any atom is 0.0697 e. The Hall–Kier alpha value is -0.860. The third-order valence-corrected chi connectivity index (χ3v) is 5.25. The Morgan fingerprint density at radius 2 is 1.90 bits per heavy atom. The highest BCUT2D eigenvalue weighted by molar-refractivity contribution is 5.24. The minimum Gasteiger partial charge on any atom is -0.375 e. The van der Waals surface area contributed by atoms with Gasteiger partial charge in [-0.2, -0.15) is 0 Å². The van der Waals surface area contributed by atoms with E-state index in [0.717, 1.165) is 19.6 Å². The van der Waals surface area contributed by atoms with Crippen molar-refractivity contribution in [2.75, 3.05) is 6.61 Å². The van der Waals surface area contributed by atoms with Crippen LogP contribution in [0.15, 0.2) is 24.3 Å². The summed E-state index contributed by atoms with van der Waals surface area (Å²) in [5.74, 6) is 0.615. The van der Waals surface area contributed by atoms with Crippen LogP contribution in [0.3, 0.4) is 0 Å². The molecule has 2 heteroatoms. The smallest absolute Gasteiger partial charge is 0.0697 e. The topological polar surface area (TPSA) is 21.3 Å². The van der Waals surface area contributed by atoms with Crippen molar-refractivity contribution in [1.82, 2.24) is 5.32 Å². The number of hydrogen-bond acceptors (Lipinski definition) is 2. The van der Waals surface area contributed by atoms with Gasteiger partial charge in [-0.05, 0) is 42.7 Å². The number of hydrogen-bond donors (Lipinski definition) is 1. The Morgan fingerprint density at radius 1 is 1.19 bits per heavy atom. The first-order valence-electron chi connectivity index (χ1n) is 8.63. The van der Waals surface area contributed by atoms with Crippen LogP contribution in [0.1, 0.15) is 69.4 Å². The van der Waals surface area contributed by atoms with Crippen molar-refractivity contribution in [3.05, 3.63) is 35.4 Å². The summed E-state index contributed by atoms with van der Waals surface area (Å²) in [7, 11) is 0. The molecule has 1 atom stereocenters. The molecule has 1 spiro atoms. The zero-order valence-electron chi connectivity index (χ0n) is 13.5. The van der Waals surface area contributed by atoms with Crippen LogP contribution in [0.2, 0.25) is 0 Å². The van der Waals surface area contributed by atoms with E-state index < -0.39 is 0 Å². The molecule has 0 aromatic heterocycles. The maximum atomic E-state index is 6.11. The van der Waals surface area contributed by atoms with Gasteiger partial charge in [-0.1, -0.05) is 51.0 Å². The SMILES string of the molecule is CC(C)c1ccc(CNC2CCOC3(CCCC3)C2)cc1. The molecule has 2 nitrogen and oxygen atoms in total. The van der Waals surface area contributed by atoms with Crippen molar-refractivity contribution in [3.63, 3.8) is 0 Å². The highest BCUT2D eigenvalue weighted by Crippen LogP contribution is 2.39. The van der Waals surface area contributed by atoms with Gasteiger partial charge >= 0.3 is 0 Å². The fourth-order valence-electron chi connectivity index (χ4n) is 3.85. The summed E-state index contributed by atoms with van der Waals surface area (Å²) in [5.41, 5.74) is 3.04. The van der Waals surface area contributed by atoms with Crippen molar-refractivity contribution in [2.24, 2.45) is 0 Å². The molecule has 1 aliphatic carbocycles. The van der Waals surface area contributed by atoms with Gasteiger partial charge in [0, 0.05) is 19.2 Å². The van der Waals surface area contributed by atoms with Crippen molar-refractivity contribution in [1.29, 1.82) is 0 Å². The second kappa shape index (κ2) is 6.50. The number of rotatable bonds is 4. The quantitative estimate of drug-likeness (QED) is 0.886. The molecule has 2 aliphatic rings. The molecule has 0 radical (unpaired) electrons. The highest BCUT2D eigenvalue weighted by Gasteiger charge is 2.39. The number of benzene rings is 1. The van der Waals surface area contributed by atoms with Gasteiger partial charge in [0.15, 0.2) is 0 Å². The Bertz CT molecular complexity index is 445. The van der Waals surface area contributed by atoms with Gasteiger partial charge in [0.2, 0.25) is 0 Å². The van der Waals surface area contributed by atoms with E-state index in [1.165, 1.54) is 43.2 Å². The first-order valence-corrected chi connectivity index (χ1v) is 8.63. The lowest BCUT2D eigenvalue weighted by molar-refractivity contribution is -0.0837. The summed E-state index contributed by atoms with van der Waals surface area (Å²) in [6.45, 7) is 6.41. The standard InChI is InChI=1S/C19H29NO/c1-15(2)17-7-5-16(6-8-17)14-20-18-9-12-21-19(13-18)10-3-4-11-19/h5-8,15,18,20H,3-4,9-14H2,1-2H3. The van der Waals surface area contributed by atoms with Gasteiger partial charge in [-0.15, -0.1) is 0 Å². The molecular formula is C19H29NO. The molecule has 1 heterocycles. The summed E-state index contributed by atoms with van der Waals surface area (Å²) in [5, 5.41) is 3.76. The second-order valence-corrected chi connectivity index (χ2v) is 7.21. The molecule has 1 N–H and O–H groups in total. The fourth-order valence-corrected chi connectivity index (χ4v) is 3.85. The largest absolute Gasteiger partial charge is 0.375 e. The first-order chi connectivity index (χ1) is 10.2. The zero-order valence-corrected chi connectivity index (χ0v) is 13.5. The molecule has 1 aromatic carbocycles. The van der Waals surface area contributed by atoms with Crippen LogP contribution < -0.4 is 5.32 Å². The third kappa shape index (κ3) is 3.67. The Labute approximate surface area is 129 Å². The van der Waals surface area contributed by atoms with Crippen LogP contribution in [-0.2, 0) is 11.3 Å². The molecule has 3 rings (SSSR count). The predicted molar refractivity (Wildman–Crippen MR) is 87.5 cm³/mol. The van der Waals surface area contributed by atoms with Crippen molar-refractivity contribution >= 4 is 0 Å². The van der Waals surface area contributed by atoms with Crippen molar-refractivity contribution < 1.29 is 4.74 Å². The molecule has 1 saturated carbocycles. The van der Waals surface area contributed by atoms with Crippen LogP contribution >= 0.6 is 0 Å². The van der Waals surface area contributed by atoms with E-state index in [9.17, 15) is 0 Å². The summed E-state index contributed by atoms with van der Waals surface area (Å²) in [6.07, 6.45) is 7.61. The van der Waals surface area contributed by atoms with Crippen LogP contribution in [0.5, 0.6) is 0 Å². The first kappa shape index (κ1) is 15.1. The minimum absolute atomic E-state index is 0.220. The Morgan fingerprint density at radius 3 is 2.57 bits per heavy atom. The van der Waals surface area contributed by atoms with Crippen LogP contribution in [0.4, 0.5) is 0 Å². The van der Waals surface area contributed by atoms with Crippen molar-refractivity contribution in [3.8, 4) is 0 Å². The van der Waals surface area contributed by atoms with E-state index in [4.69, 9.17) is 4.74 Å². The van der Waals surface area contributed by atoms with Gasteiger partial charge in [-0.3, -0.25) is 0 Å². The van der Waals surface area contributed by atoms with Crippen LogP contribution in [0, 0.1) is 0 Å². The molecule has 0 bridgehead atoms. The molecule has 21 heavy (non-hydrogen) atoms. The maximum absolute atomic E-state index is 6.11. The molecule has 1 unspecified atom stereocenters. The fraction of sp³-hybridized carbons (Fsp3) is 0.684. The molecular weight excluding hydrogens is 258 g/mol. The van der Waals surface area contributed by atoms with Gasteiger partial charge in [0.05, 0.1) is 5.60 Å². The van der Waals surface area contributed by atoms with E-state index in [0.29, 0.717) is 12.0 Å². The summed E-state index contributed by atoms with van der Waals surface area (Å²) in [4.78, 5) is 0. The normalized spacial score (nSPS) is 24.8. The van der Waals surface area contributed by atoms with E-state index in [1.807, 2.05) is 0 Å². The van der Waals surface area contributed by atoms with Gasteiger partial charge in [0.25, 0.3) is 0 Å². The predicted octanol–water partition coefficient (Wildman–Crippen LogP) is 4.39.